The van der Waals surface area contributed by atoms with Crippen LogP contribution in [0.5, 0.6) is 0 Å². The molecule has 0 aromatic carbocycles. The molecule has 20 heteroatoms. The molecule has 254 valence electrons. The Bertz CT molecular complexity index is 1140. The number of aromatic nitrogens is 1. The summed E-state index contributed by atoms with van der Waals surface area (Å²) in [5.74, 6) is -7.69. The van der Waals surface area contributed by atoms with Crippen molar-refractivity contribution in [2.45, 2.75) is 50.2 Å². The molecular weight excluding hydrogens is 641 g/mol. The molecule has 0 unspecified atom stereocenters. The number of alkyl halides is 9. The van der Waals surface area contributed by atoms with E-state index in [4.69, 9.17) is 38.9 Å². The third-order valence-corrected chi connectivity index (χ3v) is 6.21. The Morgan fingerprint density at radius 1 is 0.844 bits per heavy atom. The average Bonchev–Trinajstić information content (AvgIpc) is 3.59. The zero-order valence-electron chi connectivity index (χ0n) is 23.1. The highest BCUT2D eigenvalue weighted by Gasteiger charge is 2.44. The molecule has 2 saturated heterocycles. The Labute approximate surface area is 248 Å². The van der Waals surface area contributed by atoms with Gasteiger partial charge in [-0.15, -0.1) is 0 Å². The van der Waals surface area contributed by atoms with Crippen molar-refractivity contribution >= 4 is 17.9 Å². The Kier molecular flexibility index (Phi) is 14.7. The zero-order chi connectivity index (χ0) is 34.6. The molecule has 2 aliphatic rings. The van der Waals surface area contributed by atoms with E-state index in [2.05, 4.69) is 33.0 Å². The number of hydrogen-bond acceptors (Lipinski definition) is 8. The van der Waals surface area contributed by atoms with E-state index < -0.39 is 36.4 Å². The van der Waals surface area contributed by atoms with Crippen LogP contribution in [0.25, 0.3) is 0 Å². The summed E-state index contributed by atoms with van der Waals surface area (Å²) in [6, 6.07) is 6.85. The number of carbonyl (C=O) groups is 3. The van der Waals surface area contributed by atoms with Crippen LogP contribution in [-0.2, 0) is 32.2 Å². The smallest absolute Gasteiger partial charge is 0.475 e. The van der Waals surface area contributed by atoms with Crippen molar-refractivity contribution in [3.63, 3.8) is 0 Å². The van der Waals surface area contributed by atoms with Gasteiger partial charge in [-0.25, -0.2) is 14.4 Å². The molecular formula is C25H28F9N3O8. The number of likely N-dealkylation sites (tertiary alicyclic amines) is 2. The summed E-state index contributed by atoms with van der Waals surface area (Å²) in [6.45, 7) is 5.26. The summed E-state index contributed by atoms with van der Waals surface area (Å²) in [7, 11) is 1.86. The number of fused-ring (bicyclic) bond motifs is 1. The van der Waals surface area contributed by atoms with E-state index >= 15 is 0 Å². The maximum absolute atomic E-state index is 10.6. The van der Waals surface area contributed by atoms with Crippen molar-refractivity contribution in [2.75, 3.05) is 26.7 Å². The summed E-state index contributed by atoms with van der Waals surface area (Å²) in [5, 5.41) is 21.4. The molecule has 11 nitrogen and oxygen atoms in total. The van der Waals surface area contributed by atoms with E-state index in [0.717, 1.165) is 39.1 Å². The fourth-order valence-corrected chi connectivity index (χ4v) is 4.30. The number of hydrogen-bond donors (Lipinski definition) is 3. The van der Waals surface area contributed by atoms with Gasteiger partial charge < -0.3 is 24.5 Å². The lowest BCUT2D eigenvalue weighted by molar-refractivity contribution is -0.193. The van der Waals surface area contributed by atoms with Gasteiger partial charge in [0.1, 0.15) is 0 Å². The zero-order valence-corrected chi connectivity index (χ0v) is 23.1. The minimum Gasteiger partial charge on any atom is -0.475 e. The third kappa shape index (κ3) is 14.2. The molecule has 2 fully saturated rings. The normalized spacial score (nSPS) is 20.3. The summed E-state index contributed by atoms with van der Waals surface area (Å²) < 4.78 is 106. The minimum atomic E-state index is -5.08. The van der Waals surface area contributed by atoms with Crippen LogP contribution in [0.1, 0.15) is 17.5 Å². The van der Waals surface area contributed by atoms with Gasteiger partial charge in [-0.3, -0.25) is 14.8 Å². The molecule has 45 heavy (non-hydrogen) atoms. The van der Waals surface area contributed by atoms with Crippen LogP contribution in [0.3, 0.4) is 0 Å². The van der Waals surface area contributed by atoms with Crippen LogP contribution in [0.4, 0.5) is 39.5 Å². The van der Waals surface area contributed by atoms with Crippen molar-refractivity contribution in [2.24, 2.45) is 5.92 Å². The number of furan rings is 1. The molecule has 3 N–H and O–H groups in total. The topological polar surface area (TPSA) is 154 Å². The van der Waals surface area contributed by atoms with Gasteiger partial charge in [-0.1, -0.05) is 0 Å². The van der Waals surface area contributed by atoms with Gasteiger partial charge in [0.25, 0.3) is 0 Å². The number of methoxy groups -OCH3 is 1. The van der Waals surface area contributed by atoms with Gasteiger partial charge in [0.05, 0.1) is 18.6 Å². The number of carboxylic acid groups (broad SMARTS) is 3. The Balaban J connectivity index is 0.000000396. The van der Waals surface area contributed by atoms with Crippen molar-refractivity contribution in [1.82, 2.24) is 14.8 Å². The Hall–Kier alpha value is -3.91. The fraction of sp³-hybridized carbons (Fsp3) is 0.520. The summed E-state index contributed by atoms with van der Waals surface area (Å²) >= 11 is 0. The molecule has 2 aromatic rings. The Morgan fingerprint density at radius 3 is 1.73 bits per heavy atom. The van der Waals surface area contributed by atoms with E-state index in [-0.39, 0.29) is 0 Å². The van der Waals surface area contributed by atoms with E-state index in [1.54, 1.807) is 6.26 Å². The number of aliphatic carboxylic acids is 3. The number of carboxylic acids is 3. The van der Waals surface area contributed by atoms with Crippen LogP contribution in [0.2, 0.25) is 0 Å². The molecule has 0 spiro atoms. The Morgan fingerprint density at radius 2 is 1.33 bits per heavy atom. The summed E-state index contributed by atoms with van der Waals surface area (Å²) in [4.78, 5) is 36.0. The highest BCUT2D eigenvalue weighted by Crippen LogP contribution is 2.34. The molecule has 0 aliphatic carbocycles. The quantitative estimate of drug-likeness (QED) is 0.391. The van der Waals surface area contributed by atoms with Crippen molar-refractivity contribution in [3.8, 4) is 0 Å². The fourth-order valence-electron chi connectivity index (χ4n) is 4.30. The second-order valence-electron chi connectivity index (χ2n) is 9.35. The van der Waals surface area contributed by atoms with Gasteiger partial charge in [0.2, 0.25) is 0 Å². The predicted octanol–water partition coefficient (Wildman–Crippen LogP) is 4.30. The summed E-state index contributed by atoms with van der Waals surface area (Å²) in [6.07, 6.45) is -6.39. The monoisotopic (exact) mass is 669 g/mol. The molecule has 0 saturated carbocycles. The largest absolute Gasteiger partial charge is 0.490 e. The van der Waals surface area contributed by atoms with Crippen molar-refractivity contribution in [3.05, 3.63) is 54.2 Å². The molecule has 0 bridgehead atoms. The predicted molar refractivity (Wildman–Crippen MR) is 132 cm³/mol. The van der Waals surface area contributed by atoms with Crippen LogP contribution in [0, 0.1) is 5.92 Å². The SMILES string of the molecule is CO[C@H]1CCN(Cc2ccoc2)[C@@H]2CN(Cc3ccncc3)C[C@H]12.O=C(O)C(F)(F)F.O=C(O)C(F)(F)F.O=C(O)C(F)(F)F. The number of nitrogens with zero attached hydrogens (tertiary/aromatic N) is 3. The number of ether oxygens (including phenoxy) is 1. The standard InChI is InChI=1S/C19H25N3O2.3C2HF3O2/c1-23-19-4-8-22(11-16-5-9-24-14-16)18-13-21(12-17(18)19)10-15-2-6-20-7-3-15;3*3-2(4,5)1(6)7/h2-3,5-7,9,14,17-19H,4,8,10-13H2,1H3;3*(H,6,7)/t17-,18+,19-;;;/m0.../s1. The van der Waals surface area contributed by atoms with Gasteiger partial charge >= 0.3 is 36.4 Å². The first-order chi connectivity index (χ1) is 20.7. The summed E-state index contributed by atoms with van der Waals surface area (Å²) in [5.41, 5.74) is 2.59. The van der Waals surface area contributed by atoms with Gasteiger partial charge in [0.15, 0.2) is 0 Å². The van der Waals surface area contributed by atoms with E-state index in [1.807, 2.05) is 25.8 Å². The van der Waals surface area contributed by atoms with Crippen molar-refractivity contribution in [1.29, 1.82) is 0 Å². The van der Waals surface area contributed by atoms with E-state index in [0.29, 0.717) is 18.1 Å². The second kappa shape index (κ2) is 17.0. The second-order valence-corrected chi connectivity index (χ2v) is 9.35. The molecule has 0 amide bonds. The maximum Gasteiger partial charge on any atom is 0.490 e. The number of pyridine rings is 1. The molecule has 2 aliphatic heterocycles. The molecule has 2 aromatic heterocycles. The van der Waals surface area contributed by atoms with Crippen molar-refractivity contribution < 1.29 is 78.4 Å². The number of halogens is 9. The highest BCUT2D eigenvalue weighted by molar-refractivity contribution is 5.73. The maximum atomic E-state index is 10.6. The van der Waals surface area contributed by atoms with Gasteiger partial charge in [-0.05, 0) is 30.2 Å². The first-order valence-corrected chi connectivity index (χ1v) is 12.5. The first kappa shape index (κ1) is 39.1. The lowest BCUT2D eigenvalue weighted by Gasteiger charge is -2.41. The molecule has 4 rings (SSSR count). The van der Waals surface area contributed by atoms with E-state index in [9.17, 15) is 39.5 Å². The lowest BCUT2D eigenvalue weighted by atomic mass is 9.89. The number of piperidine rings is 1. The minimum absolute atomic E-state index is 0.373. The average molecular weight is 669 g/mol. The van der Waals surface area contributed by atoms with Gasteiger partial charge in [0, 0.05) is 69.8 Å². The van der Waals surface area contributed by atoms with Gasteiger partial charge in [-0.2, -0.15) is 39.5 Å². The molecule has 3 atom stereocenters. The van der Waals surface area contributed by atoms with Crippen LogP contribution in [-0.4, -0.2) is 105 Å². The molecule has 0 radical (unpaired) electrons. The highest BCUT2D eigenvalue weighted by atomic mass is 19.4. The lowest BCUT2D eigenvalue weighted by Crippen LogP contribution is -2.50. The molecule has 4 heterocycles. The number of rotatable bonds is 5. The van der Waals surface area contributed by atoms with Crippen LogP contribution < -0.4 is 0 Å². The van der Waals surface area contributed by atoms with Crippen LogP contribution >= 0.6 is 0 Å². The first-order valence-electron chi connectivity index (χ1n) is 12.5. The third-order valence-electron chi connectivity index (χ3n) is 6.21. The van der Waals surface area contributed by atoms with E-state index in [1.165, 1.54) is 11.1 Å². The van der Waals surface area contributed by atoms with Crippen LogP contribution in [0.15, 0.2) is 47.5 Å².